The molecule has 0 unspecified atom stereocenters. The van der Waals surface area contributed by atoms with E-state index < -0.39 is 0 Å². The van der Waals surface area contributed by atoms with Crippen molar-refractivity contribution in [3.63, 3.8) is 0 Å². The van der Waals surface area contributed by atoms with Crippen LogP contribution in [0.25, 0.3) is 5.65 Å². The number of hydrogen-bond acceptors (Lipinski definition) is 5. The van der Waals surface area contributed by atoms with Crippen LogP contribution in [0.4, 0.5) is 0 Å². The Labute approximate surface area is 152 Å². The minimum Gasteiger partial charge on any atom is -0.355 e. The molecule has 0 saturated carbocycles. The van der Waals surface area contributed by atoms with Gasteiger partial charge in [0.2, 0.25) is 0 Å². The molecule has 1 saturated heterocycles. The van der Waals surface area contributed by atoms with Gasteiger partial charge in [-0.1, -0.05) is 6.07 Å². The summed E-state index contributed by atoms with van der Waals surface area (Å²) in [7, 11) is 1.62. The zero-order valence-corrected chi connectivity index (χ0v) is 14.8. The summed E-state index contributed by atoms with van der Waals surface area (Å²) in [6, 6.07) is 6.11. The second-order valence-corrected chi connectivity index (χ2v) is 6.68. The van der Waals surface area contributed by atoms with Crippen molar-refractivity contribution in [3.8, 4) is 0 Å². The molecule has 1 fully saturated rings. The SMILES string of the molecule is CNC(=O)c1cnn2c([C@@H]3CCCN(Cc4cccnc4)C3)ccnc12. The molecular weight excluding hydrogens is 328 g/mol. The van der Waals surface area contributed by atoms with Crippen molar-refractivity contribution in [3.05, 3.63) is 59.8 Å². The highest BCUT2D eigenvalue weighted by Gasteiger charge is 2.25. The molecule has 134 valence electrons. The monoisotopic (exact) mass is 350 g/mol. The number of aromatic nitrogens is 4. The second kappa shape index (κ2) is 7.21. The quantitative estimate of drug-likeness (QED) is 0.777. The Hall–Kier alpha value is -2.80. The summed E-state index contributed by atoms with van der Waals surface area (Å²) in [5.41, 5.74) is 3.47. The van der Waals surface area contributed by atoms with E-state index in [4.69, 9.17) is 0 Å². The molecule has 4 heterocycles. The third-order valence-electron chi connectivity index (χ3n) is 4.95. The maximum atomic E-state index is 12.0. The summed E-state index contributed by atoms with van der Waals surface area (Å²) < 4.78 is 1.82. The highest BCUT2D eigenvalue weighted by atomic mass is 16.1. The lowest BCUT2D eigenvalue weighted by atomic mass is 9.94. The number of nitrogens with zero attached hydrogens (tertiary/aromatic N) is 5. The fourth-order valence-electron chi connectivity index (χ4n) is 3.70. The Morgan fingerprint density at radius 3 is 3.04 bits per heavy atom. The van der Waals surface area contributed by atoms with Gasteiger partial charge in [-0.3, -0.25) is 14.7 Å². The van der Waals surface area contributed by atoms with E-state index in [1.807, 2.05) is 22.8 Å². The van der Waals surface area contributed by atoms with Gasteiger partial charge in [-0.25, -0.2) is 9.50 Å². The molecule has 0 aliphatic carbocycles. The average Bonchev–Trinajstić information content (AvgIpc) is 3.12. The Kier molecular flexibility index (Phi) is 4.62. The molecule has 3 aromatic rings. The van der Waals surface area contributed by atoms with Crippen molar-refractivity contribution < 1.29 is 4.79 Å². The molecule has 1 aliphatic heterocycles. The number of rotatable bonds is 4. The van der Waals surface area contributed by atoms with E-state index in [0.717, 1.165) is 38.2 Å². The summed E-state index contributed by atoms with van der Waals surface area (Å²) in [5.74, 6) is 0.204. The van der Waals surface area contributed by atoms with E-state index in [0.29, 0.717) is 17.1 Å². The molecule has 26 heavy (non-hydrogen) atoms. The van der Waals surface area contributed by atoms with Crippen LogP contribution >= 0.6 is 0 Å². The van der Waals surface area contributed by atoms with Gasteiger partial charge in [0.05, 0.1) is 11.9 Å². The molecule has 7 nitrogen and oxygen atoms in total. The van der Waals surface area contributed by atoms with Crippen LogP contribution in [0.1, 0.15) is 40.4 Å². The molecule has 1 atom stereocenters. The van der Waals surface area contributed by atoms with Gasteiger partial charge >= 0.3 is 0 Å². The van der Waals surface area contributed by atoms with E-state index in [1.165, 1.54) is 5.56 Å². The van der Waals surface area contributed by atoms with Crippen LogP contribution in [-0.2, 0) is 6.54 Å². The summed E-state index contributed by atoms with van der Waals surface area (Å²) in [6.07, 6.45) is 9.35. The number of likely N-dealkylation sites (tertiary alicyclic amines) is 1. The number of carbonyl (C=O) groups is 1. The highest BCUT2D eigenvalue weighted by molar-refractivity contribution is 5.99. The lowest BCUT2D eigenvalue weighted by Gasteiger charge is -2.32. The third kappa shape index (κ3) is 3.17. The summed E-state index contributed by atoms with van der Waals surface area (Å²) >= 11 is 0. The van der Waals surface area contributed by atoms with Crippen LogP contribution in [0.2, 0.25) is 0 Å². The highest BCUT2D eigenvalue weighted by Crippen LogP contribution is 2.28. The molecular formula is C19H22N6O. The molecule has 7 heteroatoms. The molecule has 0 aromatic carbocycles. The minimum atomic E-state index is -0.161. The number of fused-ring (bicyclic) bond motifs is 1. The smallest absolute Gasteiger partial charge is 0.256 e. The average molecular weight is 350 g/mol. The topological polar surface area (TPSA) is 75.4 Å². The predicted molar refractivity (Wildman–Crippen MR) is 97.9 cm³/mol. The molecule has 3 aromatic heterocycles. The molecule has 1 aliphatic rings. The van der Waals surface area contributed by atoms with Crippen LogP contribution in [-0.4, -0.2) is 50.5 Å². The lowest BCUT2D eigenvalue weighted by Crippen LogP contribution is -2.34. The van der Waals surface area contributed by atoms with Crippen molar-refractivity contribution in [2.75, 3.05) is 20.1 Å². The van der Waals surface area contributed by atoms with Crippen LogP contribution < -0.4 is 5.32 Å². The fraction of sp³-hybridized carbons (Fsp3) is 0.368. The molecule has 0 spiro atoms. The largest absolute Gasteiger partial charge is 0.355 e. The zero-order valence-electron chi connectivity index (χ0n) is 14.8. The van der Waals surface area contributed by atoms with Gasteiger partial charge in [0, 0.05) is 44.6 Å². The number of hydrogen-bond donors (Lipinski definition) is 1. The van der Waals surface area contributed by atoms with E-state index in [9.17, 15) is 4.79 Å². The van der Waals surface area contributed by atoms with Crippen molar-refractivity contribution in [2.45, 2.75) is 25.3 Å². The Morgan fingerprint density at radius 1 is 1.31 bits per heavy atom. The van der Waals surface area contributed by atoms with Gasteiger partial charge in [-0.2, -0.15) is 5.10 Å². The first-order valence-electron chi connectivity index (χ1n) is 8.92. The van der Waals surface area contributed by atoms with E-state index in [1.54, 1.807) is 25.6 Å². The van der Waals surface area contributed by atoms with Crippen LogP contribution in [0.15, 0.2) is 43.0 Å². The number of nitrogens with one attached hydrogen (secondary N) is 1. The normalized spacial score (nSPS) is 18.1. The van der Waals surface area contributed by atoms with Gasteiger partial charge in [0.1, 0.15) is 5.56 Å². The van der Waals surface area contributed by atoms with Gasteiger partial charge in [-0.05, 0) is 37.1 Å². The van der Waals surface area contributed by atoms with E-state index in [-0.39, 0.29) is 5.91 Å². The van der Waals surface area contributed by atoms with Crippen LogP contribution in [0.3, 0.4) is 0 Å². The lowest BCUT2D eigenvalue weighted by molar-refractivity contribution is 0.0964. The van der Waals surface area contributed by atoms with Crippen molar-refractivity contribution in [2.24, 2.45) is 0 Å². The third-order valence-corrected chi connectivity index (χ3v) is 4.95. The van der Waals surface area contributed by atoms with Crippen LogP contribution in [0.5, 0.6) is 0 Å². The number of amides is 1. The number of carbonyl (C=O) groups excluding carboxylic acids is 1. The standard InChI is InChI=1S/C19H22N6O/c1-20-19(26)16-11-23-25-17(6-8-22-18(16)25)15-5-3-9-24(13-15)12-14-4-2-7-21-10-14/h2,4,6-8,10-11,15H,3,5,9,12-13H2,1H3,(H,20,26)/t15-/m1/s1. The summed E-state index contributed by atoms with van der Waals surface area (Å²) in [5, 5.41) is 7.08. The zero-order chi connectivity index (χ0) is 17.9. The van der Waals surface area contributed by atoms with Gasteiger partial charge in [0.15, 0.2) is 5.65 Å². The minimum absolute atomic E-state index is 0.161. The summed E-state index contributed by atoms with van der Waals surface area (Å²) in [6.45, 7) is 2.95. The fourth-order valence-corrected chi connectivity index (χ4v) is 3.70. The van der Waals surface area contributed by atoms with Crippen LogP contribution in [0, 0.1) is 0 Å². The first-order valence-corrected chi connectivity index (χ1v) is 8.92. The molecule has 0 bridgehead atoms. The van der Waals surface area contributed by atoms with Crippen molar-refractivity contribution >= 4 is 11.6 Å². The maximum Gasteiger partial charge on any atom is 0.256 e. The predicted octanol–water partition coefficient (Wildman–Crippen LogP) is 1.86. The van der Waals surface area contributed by atoms with Crippen molar-refractivity contribution in [1.82, 2.24) is 29.8 Å². The number of pyridine rings is 1. The van der Waals surface area contributed by atoms with Gasteiger partial charge < -0.3 is 5.32 Å². The Bertz CT molecular complexity index is 907. The van der Waals surface area contributed by atoms with Gasteiger partial charge in [0.25, 0.3) is 5.91 Å². The van der Waals surface area contributed by atoms with E-state index >= 15 is 0 Å². The van der Waals surface area contributed by atoms with Crippen molar-refractivity contribution in [1.29, 1.82) is 0 Å². The first-order chi connectivity index (χ1) is 12.8. The van der Waals surface area contributed by atoms with E-state index in [2.05, 4.69) is 31.3 Å². The molecule has 1 amide bonds. The molecule has 1 N–H and O–H groups in total. The first kappa shape index (κ1) is 16.7. The summed E-state index contributed by atoms with van der Waals surface area (Å²) in [4.78, 5) is 23.1. The Balaban J connectivity index is 1.59. The second-order valence-electron chi connectivity index (χ2n) is 6.68. The number of piperidine rings is 1. The maximum absolute atomic E-state index is 12.0. The molecule has 4 rings (SSSR count). The molecule has 0 radical (unpaired) electrons. The Morgan fingerprint density at radius 2 is 2.23 bits per heavy atom. The van der Waals surface area contributed by atoms with Gasteiger partial charge in [-0.15, -0.1) is 0 Å².